The third kappa shape index (κ3) is 5.88. The Labute approximate surface area is 157 Å². The summed E-state index contributed by atoms with van der Waals surface area (Å²) in [4.78, 5) is 27.4. The Morgan fingerprint density at radius 2 is 1.89 bits per heavy atom. The van der Waals surface area contributed by atoms with Gasteiger partial charge in [0.1, 0.15) is 6.10 Å². The van der Waals surface area contributed by atoms with E-state index in [1.54, 1.807) is 6.92 Å². The summed E-state index contributed by atoms with van der Waals surface area (Å²) in [5.74, 6) is -2.97. The van der Waals surface area contributed by atoms with Gasteiger partial charge in [-0.25, -0.2) is 9.79 Å². The number of hydrogen-bond acceptors (Lipinski definition) is 4. The number of guanidine groups is 1. The highest BCUT2D eigenvalue weighted by Crippen LogP contribution is 2.33. The predicted molar refractivity (Wildman–Crippen MR) is 96.3 cm³/mol. The number of halogens is 2. The molecule has 0 radical (unpaired) electrons. The summed E-state index contributed by atoms with van der Waals surface area (Å²) in [6.07, 6.45) is -2.90. The molecule has 1 rings (SSSR count). The quantitative estimate of drug-likeness (QED) is 0.344. The molecule has 1 aliphatic rings. The number of aliphatic imine (C=N–C) groups is 1. The number of carboxylic acids is 1. The molecule has 0 saturated heterocycles. The molecule has 0 aromatic heterocycles. The first-order valence-electron chi connectivity index (χ1n) is 8.93. The van der Waals surface area contributed by atoms with Crippen LogP contribution in [-0.2, 0) is 14.3 Å². The van der Waals surface area contributed by atoms with Crippen molar-refractivity contribution in [3.05, 3.63) is 11.1 Å². The number of ether oxygens (including phenoxy) is 1. The van der Waals surface area contributed by atoms with E-state index in [0.29, 0.717) is 24.8 Å². The third-order valence-electron chi connectivity index (χ3n) is 4.60. The molecule has 10 heteroatoms. The number of carbonyl (C=O) groups excluding carboxylic acids is 1. The molecule has 154 valence electrons. The van der Waals surface area contributed by atoms with E-state index < -0.39 is 36.5 Å². The predicted octanol–water partition coefficient (Wildman–Crippen LogP) is 1.15. The molecule has 0 heterocycles. The fraction of sp³-hybridized carbons (Fsp3) is 0.706. The van der Waals surface area contributed by atoms with Crippen molar-refractivity contribution in [3.63, 3.8) is 0 Å². The molecule has 1 aliphatic carbocycles. The molecule has 0 aromatic rings. The third-order valence-corrected chi connectivity index (χ3v) is 4.60. The monoisotopic (exact) mass is 390 g/mol. The Morgan fingerprint density at radius 3 is 2.30 bits per heavy atom. The van der Waals surface area contributed by atoms with E-state index in [1.165, 1.54) is 0 Å². The zero-order valence-electron chi connectivity index (χ0n) is 15.7. The van der Waals surface area contributed by atoms with Gasteiger partial charge in [0.25, 0.3) is 5.91 Å². The summed E-state index contributed by atoms with van der Waals surface area (Å²) < 4.78 is 31.7. The molecule has 0 aliphatic heterocycles. The molecule has 8 nitrogen and oxygen atoms in total. The van der Waals surface area contributed by atoms with Crippen LogP contribution in [0, 0.1) is 0 Å². The van der Waals surface area contributed by atoms with Crippen molar-refractivity contribution in [1.82, 2.24) is 5.32 Å². The number of amides is 1. The zero-order valence-corrected chi connectivity index (χ0v) is 15.7. The second-order valence-electron chi connectivity index (χ2n) is 6.32. The van der Waals surface area contributed by atoms with Crippen molar-refractivity contribution >= 4 is 17.8 Å². The SMILES string of the molecule is CCC1=C(C(=O)O)C[C@H](N=C(N)N)[C@@H](NC(=O)C(F)F)[C@@H]1OC(CC)CC. The Hall–Kier alpha value is -2.23. The molecular formula is C17H28F2N4O4. The van der Waals surface area contributed by atoms with E-state index in [1.807, 2.05) is 13.8 Å². The topological polar surface area (TPSA) is 140 Å². The van der Waals surface area contributed by atoms with Gasteiger partial charge in [0, 0.05) is 12.0 Å². The lowest BCUT2D eigenvalue weighted by atomic mass is 9.80. The van der Waals surface area contributed by atoms with Crippen molar-refractivity contribution in [2.75, 3.05) is 0 Å². The standard InChI is InChI=1S/C17H28F2N4O4/c1-4-8(5-2)27-13-9(6-3)10(16(25)26)7-11(22-17(20)21)12(13)23-15(24)14(18)19/h8,11-14H,4-7H2,1-3H3,(H,23,24)(H,25,26)(H4,20,21,22)/t11-,12+,13+/m0/s1. The fourth-order valence-electron chi connectivity index (χ4n) is 3.27. The lowest BCUT2D eigenvalue weighted by molar-refractivity contribution is -0.135. The van der Waals surface area contributed by atoms with Crippen LogP contribution in [0.5, 0.6) is 0 Å². The van der Waals surface area contributed by atoms with Crippen LogP contribution in [0.25, 0.3) is 0 Å². The zero-order chi connectivity index (χ0) is 20.7. The molecule has 0 saturated carbocycles. The average Bonchev–Trinajstić information content (AvgIpc) is 2.60. The minimum absolute atomic E-state index is 0.0750. The van der Waals surface area contributed by atoms with Crippen LogP contribution >= 0.6 is 0 Å². The van der Waals surface area contributed by atoms with Gasteiger partial charge in [0.2, 0.25) is 0 Å². The Balaban J connectivity index is 3.46. The molecule has 0 spiro atoms. The van der Waals surface area contributed by atoms with Gasteiger partial charge < -0.3 is 26.6 Å². The maximum Gasteiger partial charge on any atom is 0.331 e. The second-order valence-corrected chi connectivity index (χ2v) is 6.32. The minimum Gasteiger partial charge on any atom is -0.478 e. The number of nitrogens with zero attached hydrogens (tertiary/aromatic N) is 1. The Kier molecular flexibility index (Phi) is 8.61. The molecule has 27 heavy (non-hydrogen) atoms. The normalized spacial score (nSPS) is 22.9. The van der Waals surface area contributed by atoms with Gasteiger partial charge in [0.15, 0.2) is 5.96 Å². The first-order valence-corrected chi connectivity index (χ1v) is 8.93. The van der Waals surface area contributed by atoms with E-state index in [0.717, 1.165) is 0 Å². The largest absolute Gasteiger partial charge is 0.478 e. The summed E-state index contributed by atoms with van der Waals surface area (Å²) in [5, 5.41) is 11.8. The van der Waals surface area contributed by atoms with Crippen molar-refractivity contribution in [2.24, 2.45) is 16.5 Å². The van der Waals surface area contributed by atoms with E-state index >= 15 is 0 Å². The van der Waals surface area contributed by atoms with Gasteiger partial charge in [0.05, 0.1) is 18.2 Å². The van der Waals surface area contributed by atoms with Crippen LogP contribution in [0.3, 0.4) is 0 Å². The molecular weight excluding hydrogens is 362 g/mol. The number of carboxylic acid groups (broad SMARTS) is 1. The van der Waals surface area contributed by atoms with Gasteiger partial charge in [-0.1, -0.05) is 20.8 Å². The van der Waals surface area contributed by atoms with Crippen molar-refractivity contribution in [1.29, 1.82) is 0 Å². The summed E-state index contributed by atoms with van der Waals surface area (Å²) in [7, 11) is 0. The van der Waals surface area contributed by atoms with E-state index in [2.05, 4.69) is 10.3 Å². The number of hydrogen-bond donors (Lipinski definition) is 4. The van der Waals surface area contributed by atoms with E-state index in [-0.39, 0.29) is 24.1 Å². The van der Waals surface area contributed by atoms with Crippen molar-refractivity contribution in [2.45, 2.75) is 77.2 Å². The summed E-state index contributed by atoms with van der Waals surface area (Å²) in [5.41, 5.74) is 11.4. The minimum atomic E-state index is -3.23. The Morgan fingerprint density at radius 1 is 1.30 bits per heavy atom. The number of carbonyl (C=O) groups is 2. The van der Waals surface area contributed by atoms with Crippen LogP contribution in [0.15, 0.2) is 16.1 Å². The van der Waals surface area contributed by atoms with Crippen LogP contribution in [-0.4, -0.2) is 53.7 Å². The van der Waals surface area contributed by atoms with Crippen LogP contribution < -0.4 is 16.8 Å². The Bertz CT molecular complexity index is 602. The molecule has 3 atom stereocenters. The molecule has 6 N–H and O–H groups in total. The molecule has 0 unspecified atom stereocenters. The molecule has 0 bridgehead atoms. The first kappa shape index (κ1) is 22.8. The average molecular weight is 390 g/mol. The second kappa shape index (κ2) is 10.2. The van der Waals surface area contributed by atoms with Crippen LogP contribution in [0.4, 0.5) is 8.78 Å². The lowest BCUT2D eigenvalue weighted by Crippen LogP contribution is -2.57. The number of aliphatic carboxylic acids is 1. The van der Waals surface area contributed by atoms with Gasteiger partial charge in [-0.3, -0.25) is 4.79 Å². The van der Waals surface area contributed by atoms with Gasteiger partial charge in [-0.2, -0.15) is 8.78 Å². The maximum absolute atomic E-state index is 12.8. The van der Waals surface area contributed by atoms with Gasteiger partial charge >= 0.3 is 12.4 Å². The molecule has 0 fully saturated rings. The summed E-state index contributed by atoms with van der Waals surface area (Å²) in [6.45, 7) is 5.53. The first-order chi connectivity index (χ1) is 12.7. The van der Waals surface area contributed by atoms with Crippen LogP contribution in [0.1, 0.15) is 46.5 Å². The van der Waals surface area contributed by atoms with E-state index in [4.69, 9.17) is 16.2 Å². The summed E-state index contributed by atoms with van der Waals surface area (Å²) in [6, 6.07) is -1.94. The highest BCUT2D eigenvalue weighted by Gasteiger charge is 2.43. The molecule has 0 aromatic carbocycles. The number of alkyl halides is 2. The van der Waals surface area contributed by atoms with Gasteiger partial charge in [-0.05, 0) is 24.8 Å². The number of nitrogens with two attached hydrogens (primary N) is 2. The lowest BCUT2D eigenvalue weighted by Gasteiger charge is -2.40. The fourth-order valence-corrected chi connectivity index (χ4v) is 3.27. The van der Waals surface area contributed by atoms with Gasteiger partial charge in [-0.15, -0.1) is 0 Å². The smallest absolute Gasteiger partial charge is 0.331 e. The molecule has 1 amide bonds. The highest BCUT2D eigenvalue weighted by molar-refractivity contribution is 5.89. The number of nitrogens with one attached hydrogen (secondary N) is 1. The van der Waals surface area contributed by atoms with Crippen LogP contribution in [0.2, 0.25) is 0 Å². The highest BCUT2D eigenvalue weighted by atomic mass is 19.3. The van der Waals surface area contributed by atoms with Crippen molar-refractivity contribution < 1.29 is 28.2 Å². The van der Waals surface area contributed by atoms with E-state index in [9.17, 15) is 23.5 Å². The van der Waals surface area contributed by atoms with Crippen molar-refractivity contribution in [3.8, 4) is 0 Å². The maximum atomic E-state index is 12.8. The number of rotatable bonds is 9. The summed E-state index contributed by atoms with van der Waals surface area (Å²) >= 11 is 0.